The summed E-state index contributed by atoms with van der Waals surface area (Å²) < 4.78 is 11.1. The molecule has 8 rings (SSSR count). The fraction of sp³-hybridized carbons (Fsp3) is 0.444. The van der Waals surface area contributed by atoms with Crippen molar-refractivity contribution in [3.05, 3.63) is 117 Å². The molecule has 0 saturated heterocycles. The molecule has 2 aromatic carbocycles. The Morgan fingerprint density at radius 1 is 0.530 bits per heavy atom. The average Bonchev–Trinajstić information content (AvgIpc) is 3.88. The van der Waals surface area contributed by atoms with E-state index in [1.54, 1.807) is 9.80 Å². The smallest absolute Gasteiger partial charge is 0.410 e. The van der Waals surface area contributed by atoms with Crippen LogP contribution < -0.4 is 0 Å². The number of rotatable bonds is 6. The van der Waals surface area contributed by atoms with E-state index in [-0.39, 0.29) is 12.2 Å². The van der Waals surface area contributed by atoms with Crippen molar-refractivity contribution in [2.75, 3.05) is 13.1 Å². The van der Waals surface area contributed by atoms with Crippen LogP contribution >= 0.6 is 0 Å². The molecule has 12 nitrogen and oxygen atoms in total. The van der Waals surface area contributed by atoms with Crippen molar-refractivity contribution in [1.82, 2.24) is 40.2 Å². The molecule has 4 aromatic heterocycles. The van der Waals surface area contributed by atoms with Crippen LogP contribution in [-0.2, 0) is 35.4 Å². The maximum atomic E-state index is 12.5. The Morgan fingerprint density at radius 2 is 0.879 bits per heavy atom. The van der Waals surface area contributed by atoms with E-state index in [1.165, 1.54) is 22.3 Å². The molecule has 0 fully saturated rings. The summed E-state index contributed by atoms with van der Waals surface area (Å²) >= 11 is 0. The molecule has 0 radical (unpaired) electrons. The zero-order chi connectivity index (χ0) is 47.8. The second-order valence-corrected chi connectivity index (χ2v) is 20.6. The molecule has 0 bridgehead atoms. The molecule has 0 atom stereocenters. The normalized spacial score (nSPS) is 13.9. The fourth-order valence-electron chi connectivity index (χ4n) is 9.03. The number of aromatic amines is 2. The number of H-pyrrole nitrogens is 2. The van der Waals surface area contributed by atoms with E-state index in [9.17, 15) is 9.59 Å². The van der Waals surface area contributed by atoms with Gasteiger partial charge in [-0.15, -0.1) is 0 Å². The highest BCUT2D eigenvalue weighted by Crippen LogP contribution is 2.39. The lowest BCUT2D eigenvalue weighted by molar-refractivity contribution is 0.0214. The quantitative estimate of drug-likeness (QED) is 0.168. The Labute approximate surface area is 391 Å². The van der Waals surface area contributed by atoms with Crippen molar-refractivity contribution < 1.29 is 19.1 Å². The van der Waals surface area contributed by atoms with Gasteiger partial charge in [0.2, 0.25) is 0 Å². The van der Waals surface area contributed by atoms with Gasteiger partial charge >= 0.3 is 12.2 Å². The number of hydrogen-bond acceptors (Lipinski definition) is 8. The van der Waals surface area contributed by atoms with Gasteiger partial charge in [-0.3, -0.25) is 20.2 Å². The molecule has 6 aromatic rings. The first kappa shape index (κ1) is 47.7. The molecule has 12 heteroatoms. The van der Waals surface area contributed by atoms with Crippen LogP contribution in [0.1, 0.15) is 137 Å². The molecular formula is C54H68N8O4. The van der Waals surface area contributed by atoms with Gasteiger partial charge in [-0.1, -0.05) is 52.0 Å². The van der Waals surface area contributed by atoms with Crippen LogP contribution in [0, 0.1) is 27.7 Å². The van der Waals surface area contributed by atoms with E-state index >= 15 is 0 Å². The molecule has 66 heavy (non-hydrogen) atoms. The topological polar surface area (TPSA) is 142 Å². The predicted molar refractivity (Wildman–Crippen MR) is 262 cm³/mol. The third-order valence-electron chi connectivity index (χ3n) is 11.8. The first-order chi connectivity index (χ1) is 31.0. The predicted octanol–water partition coefficient (Wildman–Crippen LogP) is 12.3. The Kier molecular flexibility index (Phi) is 13.6. The summed E-state index contributed by atoms with van der Waals surface area (Å²) in [7, 11) is 0. The van der Waals surface area contributed by atoms with Crippen molar-refractivity contribution in [3.63, 3.8) is 0 Å². The van der Waals surface area contributed by atoms with E-state index in [0.717, 1.165) is 91.8 Å². The van der Waals surface area contributed by atoms with Crippen LogP contribution in [0.4, 0.5) is 9.59 Å². The summed E-state index contributed by atoms with van der Waals surface area (Å²) in [6.07, 6.45) is 1.11. The molecular weight excluding hydrogens is 825 g/mol. The number of hydrogen-bond donors (Lipinski definition) is 2. The molecule has 0 spiro atoms. The molecule has 2 N–H and O–H groups in total. The van der Waals surface area contributed by atoms with Crippen LogP contribution in [0.5, 0.6) is 0 Å². The van der Waals surface area contributed by atoms with Gasteiger partial charge in [-0.25, -0.2) is 9.59 Å². The lowest BCUT2D eigenvalue weighted by atomic mass is 9.91. The molecule has 348 valence electrons. The highest BCUT2D eigenvalue weighted by molar-refractivity contribution is 5.78. The first-order valence-electron chi connectivity index (χ1n) is 23.3. The lowest BCUT2D eigenvalue weighted by Gasteiger charge is -2.31. The molecule has 0 saturated carbocycles. The van der Waals surface area contributed by atoms with Crippen molar-refractivity contribution in [2.24, 2.45) is 0 Å². The van der Waals surface area contributed by atoms with Crippen molar-refractivity contribution >= 4 is 12.2 Å². The molecule has 0 aliphatic carbocycles. The maximum absolute atomic E-state index is 12.5. The van der Waals surface area contributed by atoms with Gasteiger partial charge in [0.05, 0.1) is 22.8 Å². The number of aryl methyl sites for hydroxylation is 4. The Balaban J connectivity index is 0.000000196. The van der Waals surface area contributed by atoms with E-state index in [2.05, 4.69) is 109 Å². The van der Waals surface area contributed by atoms with Gasteiger partial charge in [-0.05, 0) is 153 Å². The standard InChI is InChI=1S/2C27H34N4O2/c2*1-16(2)23-24(29-30-25(23)22-12-17(3)28-18(4)13-22)20-8-9-21-15-31(11-10-19(21)14-20)26(32)33-27(5,6)7/h2*8-9,12-14,16H,10-11,15H2,1-7H3,(H,29,30). The van der Waals surface area contributed by atoms with Crippen LogP contribution in [-0.4, -0.2) is 76.6 Å². The Morgan fingerprint density at radius 3 is 1.20 bits per heavy atom. The van der Waals surface area contributed by atoms with E-state index in [0.29, 0.717) is 38.0 Å². The van der Waals surface area contributed by atoms with Gasteiger partial charge in [0, 0.05) is 82.3 Å². The number of fused-ring (bicyclic) bond motifs is 2. The summed E-state index contributed by atoms with van der Waals surface area (Å²) in [4.78, 5) is 37.6. The number of carbonyl (C=O) groups is 2. The van der Waals surface area contributed by atoms with Gasteiger partial charge in [-0.2, -0.15) is 10.2 Å². The number of nitrogens with one attached hydrogen (secondary N) is 2. The number of carbonyl (C=O) groups excluding carboxylic acids is 2. The molecule has 2 aliphatic heterocycles. The summed E-state index contributed by atoms with van der Waals surface area (Å²) in [5, 5.41) is 16.1. The number of benzene rings is 2. The number of aromatic nitrogens is 6. The Hall–Kier alpha value is -6.30. The summed E-state index contributed by atoms with van der Waals surface area (Å²) in [6.45, 7) is 30.7. The molecule has 2 aliphatic rings. The number of ether oxygens (including phenoxy) is 2. The second kappa shape index (κ2) is 18.9. The number of nitrogens with zero attached hydrogens (tertiary/aromatic N) is 6. The largest absolute Gasteiger partial charge is 0.444 e. The highest BCUT2D eigenvalue weighted by Gasteiger charge is 2.29. The first-order valence-corrected chi connectivity index (χ1v) is 23.3. The summed E-state index contributed by atoms with van der Waals surface area (Å²) in [5.74, 6) is 0.613. The van der Waals surface area contributed by atoms with Crippen LogP contribution in [0.2, 0.25) is 0 Å². The zero-order valence-corrected chi connectivity index (χ0v) is 41.5. The van der Waals surface area contributed by atoms with E-state index in [4.69, 9.17) is 19.7 Å². The highest BCUT2D eigenvalue weighted by atomic mass is 16.6. The van der Waals surface area contributed by atoms with Gasteiger partial charge in [0.25, 0.3) is 0 Å². The maximum Gasteiger partial charge on any atom is 0.410 e. The monoisotopic (exact) mass is 893 g/mol. The molecule has 2 amide bonds. The lowest BCUT2D eigenvalue weighted by Crippen LogP contribution is -2.39. The molecule has 0 unspecified atom stereocenters. The number of pyridine rings is 2. The van der Waals surface area contributed by atoms with Crippen LogP contribution in [0.15, 0.2) is 60.7 Å². The van der Waals surface area contributed by atoms with Crippen LogP contribution in [0.3, 0.4) is 0 Å². The number of amides is 2. The van der Waals surface area contributed by atoms with Crippen molar-refractivity contribution in [3.8, 4) is 45.0 Å². The third-order valence-corrected chi connectivity index (χ3v) is 11.8. The second-order valence-electron chi connectivity index (χ2n) is 20.6. The van der Waals surface area contributed by atoms with Crippen molar-refractivity contribution in [2.45, 2.75) is 146 Å². The van der Waals surface area contributed by atoms with E-state index < -0.39 is 11.2 Å². The average molecular weight is 893 g/mol. The van der Waals surface area contributed by atoms with E-state index in [1.807, 2.05) is 69.2 Å². The van der Waals surface area contributed by atoms with Gasteiger partial charge in [0.1, 0.15) is 11.2 Å². The fourth-order valence-corrected chi connectivity index (χ4v) is 9.03. The summed E-state index contributed by atoms with van der Waals surface area (Å²) in [6, 6.07) is 21.4. The Bertz CT molecular complexity index is 2520. The SMILES string of the molecule is Cc1cc(-c2[nH]nc(-c3ccc4c(c3)CCN(C(=O)OC(C)(C)C)C4)c2C(C)C)cc(C)n1.Cc1cc(-c2[nH]nc(-c3ccc4c(c3)CCN(C(=O)OC(C)(C)C)C4)c2C(C)C)cc(C)n1. The van der Waals surface area contributed by atoms with Gasteiger partial charge < -0.3 is 19.3 Å². The minimum atomic E-state index is -0.488. The van der Waals surface area contributed by atoms with Crippen molar-refractivity contribution in [1.29, 1.82) is 0 Å². The molecule has 6 heterocycles. The van der Waals surface area contributed by atoms with Gasteiger partial charge in [0.15, 0.2) is 0 Å². The summed E-state index contributed by atoms with van der Waals surface area (Å²) in [5.41, 5.74) is 18.9. The van der Waals surface area contributed by atoms with Crippen LogP contribution in [0.25, 0.3) is 45.0 Å². The third kappa shape index (κ3) is 11.0. The minimum absolute atomic E-state index is 0.251. The minimum Gasteiger partial charge on any atom is -0.444 e. The zero-order valence-electron chi connectivity index (χ0n) is 41.5.